The lowest BCUT2D eigenvalue weighted by molar-refractivity contribution is -0.115. The van der Waals surface area contributed by atoms with Crippen LogP contribution < -0.4 is 5.32 Å². The van der Waals surface area contributed by atoms with Gasteiger partial charge in [-0.3, -0.25) is 4.79 Å². The molecule has 1 aromatic carbocycles. The number of nitrogens with one attached hydrogen (secondary N) is 1. The van der Waals surface area contributed by atoms with E-state index in [1.54, 1.807) is 30.3 Å². The maximum atomic E-state index is 11.8. The highest BCUT2D eigenvalue weighted by molar-refractivity contribution is 5.93. The molecule has 0 saturated carbocycles. The van der Waals surface area contributed by atoms with Crippen molar-refractivity contribution < 1.29 is 14.3 Å². The van der Waals surface area contributed by atoms with E-state index in [0.29, 0.717) is 17.9 Å². The van der Waals surface area contributed by atoms with Gasteiger partial charge in [-0.05, 0) is 30.7 Å². The predicted octanol–water partition coefficient (Wildman–Crippen LogP) is 3.28. The van der Waals surface area contributed by atoms with Crippen molar-refractivity contribution in [3.63, 3.8) is 0 Å². The Hall–Kier alpha value is -2.35. The van der Waals surface area contributed by atoms with Crippen molar-refractivity contribution in [2.75, 3.05) is 11.9 Å². The summed E-state index contributed by atoms with van der Waals surface area (Å²) < 4.78 is 5.16. The van der Waals surface area contributed by atoms with Crippen molar-refractivity contribution >= 4 is 17.6 Å². The molecule has 0 radical (unpaired) electrons. The molecule has 21 heavy (non-hydrogen) atoms. The van der Waals surface area contributed by atoms with Crippen molar-refractivity contribution in [2.45, 2.75) is 39.0 Å². The van der Waals surface area contributed by atoms with Gasteiger partial charge in [-0.2, -0.15) is 5.26 Å². The molecule has 0 aromatic heterocycles. The number of ether oxygens (including phenoxy) is 1. The molecule has 1 N–H and O–H groups in total. The summed E-state index contributed by atoms with van der Waals surface area (Å²) in [6, 6.07) is 8.18. The minimum atomic E-state index is -0.372. The molecule has 5 heteroatoms. The Bertz CT molecular complexity index is 503. The van der Waals surface area contributed by atoms with Crippen LogP contribution in [0.1, 0.15) is 49.4 Å². The second-order valence-electron chi connectivity index (χ2n) is 4.66. The molecule has 0 bridgehead atoms. The first kappa shape index (κ1) is 16.7. The van der Waals surface area contributed by atoms with Crippen molar-refractivity contribution in [3.8, 4) is 6.07 Å². The fourth-order valence-electron chi connectivity index (χ4n) is 1.74. The van der Waals surface area contributed by atoms with E-state index < -0.39 is 0 Å². The lowest BCUT2D eigenvalue weighted by Crippen LogP contribution is -2.10. The van der Waals surface area contributed by atoms with Gasteiger partial charge >= 0.3 is 5.97 Å². The molecule has 1 amide bonds. The number of nitrogens with zero attached hydrogens (tertiary/aromatic N) is 1. The number of benzene rings is 1. The first-order valence-corrected chi connectivity index (χ1v) is 7.11. The number of hydrogen-bond donors (Lipinski definition) is 1. The Balaban J connectivity index is 2.41. The molecule has 0 unspecified atom stereocenters. The van der Waals surface area contributed by atoms with Gasteiger partial charge in [0.2, 0.25) is 5.91 Å². The molecular weight excluding hydrogens is 268 g/mol. The van der Waals surface area contributed by atoms with Crippen LogP contribution in [0, 0.1) is 11.3 Å². The van der Waals surface area contributed by atoms with Crippen LogP contribution in [0.3, 0.4) is 0 Å². The maximum Gasteiger partial charge on any atom is 0.338 e. The number of esters is 1. The van der Waals surface area contributed by atoms with Crippen molar-refractivity contribution in [3.05, 3.63) is 29.8 Å². The molecule has 0 saturated heterocycles. The van der Waals surface area contributed by atoms with Gasteiger partial charge in [-0.1, -0.05) is 26.2 Å². The van der Waals surface area contributed by atoms with E-state index in [1.165, 1.54) is 0 Å². The van der Waals surface area contributed by atoms with E-state index in [4.69, 9.17) is 10.00 Å². The van der Waals surface area contributed by atoms with E-state index in [1.807, 2.05) is 0 Å². The summed E-state index contributed by atoms with van der Waals surface area (Å²) in [6.07, 6.45) is 4.04. The number of hydrogen-bond acceptors (Lipinski definition) is 4. The maximum absolute atomic E-state index is 11.8. The van der Waals surface area contributed by atoms with Crippen molar-refractivity contribution in [2.24, 2.45) is 0 Å². The number of carbonyl (C=O) groups is 2. The zero-order valence-electron chi connectivity index (χ0n) is 12.2. The van der Waals surface area contributed by atoms with Gasteiger partial charge in [0.1, 0.15) is 6.42 Å². The number of rotatable bonds is 8. The van der Waals surface area contributed by atoms with Crippen LogP contribution in [-0.4, -0.2) is 18.5 Å². The summed E-state index contributed by atoms with van der Waals surface area (Å²) >= 11 is 0. The zero-order valence-corrected chi connectivity index (χ0v) is 12.2. The Labute approximate surface area is 124 Å². The predicted molar refractivity (Wildman–Crippen MR) is 79.7 cm³/mol. The van der Waals surface area contributed by atoms with Crippen LogP contribution in [-0.2, 0) is 9.53 Å². The van der Waals surface area contributed by atoms with Crippen LogP contribution >= 0.6 is 0 Å². The lowest BCUT2D eigenvalue weighted by Gasteiger charge is -2.06. The van der Waals surface area contributed by atoms with E-state index in [0.717, 1.165) is 25.7 Å². The quantitative estimate of drug-likeness (QED) is 0.588. The monoisotopic (exact) mass is 288 g/mol. The highest BCUT2D eigenvalue weighted by Gasteiger charge is 2.07. The highest BCUT2D eigenvalue weighted by atomic mass is 16.5. The number of unbranched alkanes of at least 4 members (excludes halogenated alkanes) is 3. The van der Waals surface area contributed by atoms with Crippen LogP contribution in [0.5, 0.6) is 0 Å². The molecule has 0 spiro atoms. The van der Waals surface area contributed by atoms with Gasteiger partial charge in [0.15, 0.2) is 0 Å². The van der Waals surface area contributed by atoms with Crippen LogP contribution in [0.15, 0.2) is 24.3 Å². The van der Waals surface area contributed by atoms with E-state index in [9.17, 15) is 9.59 Å². The van der Waals surface area contributed by atoms with Gasteiger partial charge in [0.25, 0.3) is 0 Å². The Morgan fingerprint density at radius 3 is 2.52 bits per heavy atom. The number of amides is 1. The van der Waals surface area contributed by atoms with Crippen LogP contribution in [0.2, 0.25) is 0 Å². The Morgan fingerprint density at radius 2 is 1.90 bits per heavy atom. The summed E-state index contributed by atoms with van der Waals surface area (Å²) in [5.74, 6) is -0.731. The topological polar surface area (TPSA) is 79.2 Å². The Kier molecular flexibility index (Phi) is 7.59. The molecule has 0 aliphatic carbocycles. The second kappa shape index (κ2) is 9.54. The minimum Gasteiger partial charge on any atom is -0.462 e. The van der Waals surface area contributed by atoms with Crippen LogP contribution in [0.4, 0.5) is 5.69 Å². The summed E-state index contributed by atoms with van der Waals surface area (Å²) in [5, 5.41) is 11.0. The summed E-state index contributed by atoms with van der Waals surface area (Å²) in [4.78, 5) is 23.0. The van der Waals surface area contributed by atoms with E-state index in [-0.39, 0.29) is 18.3 Å². The first-order valence-electron chi connectivity index (χ1n) is 7.11. The Morgan fingerprint density at radius 1 is 1.19 bits per heavy atom. The number of anilines is 1. The second-order valence-corrected chi connectivity index (χ2v) is 4.66. The molecule has 0 aliphatic heterocycles. The summed E-state index contributed by atoms with van der Waals surface area (Å²) in [5.41, 5.74) is 0.999. The zero-order chi connectivity index (χ0) is 15.5. The van der Waals surface area contributed by atoms with Gasteiger partial charge in [-0.15, -0.1) is 0 Å². The minimum absolute atomic E-state index is 0.193. The molecule has 1 aromatic rings. The largest absolute Gasteiger partial charge is 0.462 e. The standard InChI is InChI=1S/C16H20N2O3/c1-2-3-4-5-12-21-16(20)13-6-8-14(9-7-13)18-15(19)10-11-17/h6-9H,2-5,10,12H2,1H3,(H,18,19). The molecular formula is C16H20N2O3. The number of carbonyl (C=O) groups excluding carboxylic acids is 2. The van der Waals surface area contributed by atoms with Crippen molar-refractivity contribution in [1.82, 2.24) is 0 Å². The van der Waals surface area contributed by atoms with E-state index in [2.05, 4.69) is 12.2 Å². The van der Waals surface area contributed by atoms with Gasteiger partial charge in [-0.25, -0.2) is 4.79 Å². The average molecular weight is 288 g/mol. The smallest absolute Gasteiger partial charge is 0.338 e. The molecule has 0 atom stereocenters. The highest BCUT2D eigenvalue weighted by Crippen LogP contribution is 2.11. The summed E-state index contributed by atoms with van der Waals surface area (Å²) in [7, 11) is 0. The normalized spacial score (nSPS) is 9.71. The fraction of sp³-hybridized carbons (Fsp3) is 0.438. The SMILES string of the molecule is CCCCCCOC(=O)c1ccc(NC(=O)CC#N)cc1. The molecule has 1 rings (SSSR count). The van der Waals surface area contributed by atoms with Gasteiger partial charge in [0, 0.05) is 5.69 Å². The van der Waals surface area contributed by atoms with Crippen molar-refractivity contribution in [1.29, 1.82) is 5.26 Å². The summed E-state index contributed by atoms with van der Waals surface area (Å²) in [6.45, 7) is 2.56. The molecule has 0 heterocycles. The third kappa shape index (κ3) is 6.57. The van der Waals surface area contributed by atoms with Gasteiger partial charge in [0.05, 0.1) is 18.2 Å². The fourth-order valence-corrected chi connectivity index (χ4v) is 1.74. The molecule has 112 valence electrons. The lowest BCUT2D eigenvalue weighted by atomic mass is 10.2. The molecule has 5 nitrogen and oxygen atoms in total. The van der Waals surface area contributed by atoms with E-state index >= 15 is 0 Å². The third-order valence-corrected chi connectivity index (χ3v) is 2.88. The average Bonchev–Trinajstić information content (AvgIpc) is 2.48. The first-order chi connectivity index (χ1) is 10.2. The van der Waals surface area contributed by atoms with Crippen LogP contribution in [0.25, 0.3) is 0 Å². The molecule has 0 fully saturated rings. The third-order valence-electron chi connectivity index (χ3n) is 2.88. The van der Waals surface area contributed by atoms with Gasteiger partial charge < -0.3 is 10.1 Å². The molecule has 0 aliphatic rings. The number of nitriles is 1.